The molecule has 4 rings (SSSR count). The van der Waals surface area contributed by atoms with Crippen LogP contribution in [0.4, 0.5) is 17.3 Å². The van der Waals surface area contributed by atoms with Gasteiger partial charge in [0.1, 0.15) is 0 Å². The second-order valence-electron chi connectivity index (χ2n) is 5.57. The van der Waals surface area contributed by atoms with E-state index >= 15 is 0 Å². The maximum absolute atomic E-state index is 11.7. The summed E-state index contributed by atoms with van der Waals surface area (Å²) < 4.78 is 0. The summed E-state index contributed by atoms with van der Waals surface area (Å²) in [6.45, 7) is 0.918. The van der Waals surface area contributed by atoms with Crippen molar-refractivity contribution in [1.82, 2.24) is 10.2 Å². The molecule has 1 fully saturated rings. The fourth-order valence-electron chi connectivity index (χ4n) is 2.69. The number of benzene rings is 1. The number of fused-ring (bicyclic) bond motifs is 1. The summed E-state index contributed by atoms with van der Waals surface area (Å²) >= 11 is 0. The van der Waals surface area contributed by atoms with E-state index in [1.54, 1.807) is 0 Å². The molecule has 0 unspecified atom stereocenters. The fourth-order valence-corrected chi connectivity index (χ4v) is 2.69. The molecule has 1 aromatic heterocycles. The summed E-state index contributed by atoms with van der Waals surface area (Å²) in [4.78, 5) is 13.9. The summed E-state index contributed by atoms with van der Waals surface area (Å²) in [5.41, 5.74) is 2.53. The highest BCUT2D eigenvalue weighted by Crippen LogP contribution is 2.33. The molecule has 0 radical (unpaired) electrons. The zero-order valence-corrected chi connectivity index (χ0v) is 11.6. The van der Waals surface area contributed by atoms with Crippen molar-refractivity contribution in [1.29, 1.82) is 0 Å². The third-order valence-corrected chi connectivity index (χ3v) is 4.01. The standard InChI is InChI=1S/C16H16N4O/c21-16(12-5-6-12)17-14-7-8-15(19-18-14)20-10-9-11-3-1-2-4-13(11)20/h1-4,7-8,12H,5-6,9-10H2,(H,17,18,21). The normalized spacial score (nSPS) is 16.7. The van der Waals surface area contributed by atoms with Crippen molar-refractivity contribution in [3.05, 3.63) is 42.0 Å². The maximum atomic E-state index is 11.7. The van der Waals surface area contributed by atoms with Gasteiger partial charge in [0.25, 0.3) is 0 Å². The first-order valence-electron chi connectivity index (χ1n) is 7.31. The van der Waals surface area contributed by atoms with Crippen molar-refractivity contribution in [3.63, 3.8) is 0 Å². The number of nitrogens with zero attached hydrogens (tertiary/aromatic N) is 3. The van der Waals surface area contributed by atoms with Gasteiger partial charge in [-0.15, -0.1) is 10.2 Å². The average molecular weight is 280 g/mol. The lowest BCUT2D eigenvalue weighted by molar-refractivity contribution is -0.117. The molecule has 2 aliphatic rings. The summed E-state index contributed by atoms with van der Waals surface area (Å²) in [6, 6.07) is 12.1. The second kappa shape index (κ2) is 4.84. The topological polar surface area (TPSA) is 58.1 Å². The van der Waals surface area contributed by atoms with E-state index in [4.69, 9.17) is 0 Å². The molecular formula is C16H16N4O. The van der Waals surface area contributed by atoms with Crippen LogP contribution in [0, 0.1) is 5.92 Å². The third-order valence-electron chi connectivity index (χ3n) is 4.01. The van der Waals surface area contributed by atoms with E-state index in [0.717, 1.165) is 31.6 Å². The summed E-state index contributed by atoms with van der Waals surface area (Å²) in [5.74, 6) is 1.59. The third kappa shape index (κ3) is 2.35. The maximum Gasteiger partial charge on any atom is 0.228 e. The first kappa shape index (κ1) is 12.3. The molecule has 1 aliphatic carbocycles. The highest BCUT2D eigenvalue weighted by Gasteiger charge is 2.30. The number of carbonyl (C=O) groups excluding carboxylic acids is 1. The minimum atomic E-state index is 0.0589. The Morgan fingerprint density at radius 3 is 2.76 bits per heavy atom. The van der Waals surface area contributed by atoms with E-state index in [0.29, 0.717) is 5.82 Å². The largest absolute Gasteiger partial charge is 0.324 e. The van der Waals surface area contributed by atoms with Gasteiger partial charge in [0.2, 0.25) is 5.91 Å². The zero-order chi connectivity index (χ0) is 14.2. The minimum Gasteiger partial charge on any atom is -0.324 e. The van der Waals surface area contributed by atoms with E-state index in [-0.39, 0.29) is 11.8 Å². The number of hydrogen-bond donors (Lipinski definition) is 1. The molecule has 0 saturated heterocycles. The monoisotopic (exact) mass is 280 g/mol. The highest BCUT2D eigenvalue weighted by molar-refractivity contribution is 5.93. The van der Waals surface area contributed by atoms with Crippen LogP contribution >= 0.6 is 0 Å². The van der Waals surface area contributed by atoms with Crippen molar-refractivity contribution >= 4 is 23.2 Å². The molecule has 0 bridgehead atoms. The highest BCUT2D eigenvalue weighted by atomic mass is 16.2. The van der Waals surface area contributed by atoms with Gasteiger partial charge >= 0.3 is 0 Å². The molecule has 5 heteroatoms. The first-order valence-corrected chi connectivity index (χ1v) is 7.31. The molecule has 0 spiro atoms. The smallest absolute Gasteiger partial charge is 0.228 e. The van der Waals surface area contributed by atoms with Gasteiger partial charge in [-0.3, -0.25) is 4.79 Å². The molecule has 1 aromatic carbocycles. The molecule has 1 N–H and O–H groups in total. The lowest BCUT2D eigenvalue weighted by Gasteiger charge is -2.17. The predicted molar refractivity (Wildman–Crippen MR) is 80.5 cm³/mol. The van der Waals surface area contributed by atoms with E-state index < -0.39 is 0 Å². The van der Waals surface area contributed by atoms with Crippen molar-refractivity contribution < 1.29 is 4.79 Å². The van der Waals surface area contributed by atoms with Crippen LogP contribution < -0.4 is 10.2 Å². The van der Waals surface area contributed by atoms with Gasteiger partial charge in [-0.25, -0.2) is 0 Å². The molecule has 1 saturated carbocycles. The van der Waals surface area contributed by atoms with Gasteiger partial charge in [0.05, 0.1) is 0 Å². The van der Waals surface area contributed by atoms with Crippen LogP contribution in [-0.2, 0) is 11.2 Å². The van der Waals surface area contributed by atoms with Crippen LogP contribution in [0.5, 0.6) is 0 Å². The average Bonchev–Trinajstić information content (AvgIpc) is 3.28. The van der Waals surface area contributed by atoms with Crippen LogP contribution in [0.3, 0.4) is 0 Å². The van der Waals surface area contributed by atoms with Crippen molar-refractivity contribution in [2.24, 2.45) is 5.92 Å². The lowest BCUT2D eigenvalue weighted by Crippen LogP contribution is -2.17. The van der Waals surface area contributed by atoms with E-state index in [2.05, 4.69) is 38.6 Å². The molecule has 2 heterocycles. The Kier molecular flexibility index (Phi) is 2.84. The molecule has 2 aromatic rings. The summed E-state index contributed by atoms with van der Waals surface area (Å²) in [6.07, 6.45) is 3.00. The minimum absolute atomic E-state index is 0.0589. The number of para-hydroxylation sites is 1. The van der Waals surface area contributed by atoms with Gasteiger partial charge in [-0.05, 0) is 43.0 Å². The number of aromatic nitrogens is 2. The van der Waals surface area contributed by atoms with Crippen LogP contribution in [-0.4, -0.2) is 22.6 Å². The van der Waals surface area contributed by atoms with E-state index in [1.807, 2.05) is 18.2 Å². The molecule has 21 heavy (non-hydrogen) atoms. The van der Waals surface area contributed by atoms with E-state index in [9.17, 15) is 4.79 Å². The summed E-state index contributed by atoms with van der Waals surface area (Å²) in [7, 11) is 0. The number of nitrogens with one attached hydrogen (secondary N) is 1. The fraction of sp³-hybridized carbons (Fsp3) is 0.312. The SMILES string of the molecule is O=C(Nc1ccc(N2CCc3ccccc32)nn1)C1CC1. The van der Waals surface area contributed by atoms with Crippen LogP contribution in [0.25, 0.3) is 0 Å². The molecular weight excluding hydrogens is 264 g/mol. The zero-order valence-electron chi connectivity index (χ0n) is 11.6. The number of amides is 1. The Bertz CT molecular complexity index is 679. The second-order valence-corrected chi connectivity index (χ2v) is 5.57. The number of rotatable bonds is 3. The van der Waals surface area contributed by atoms with Gasteiger partial charge in [-0.1, -0.05) is 18.2 Å². The van der Waals surface area contributed by atoms with Crippen LogP contribution in [0.2, 0.25) is 0 Å². The van der Waals surface area contributed by atoms with Crippen molar-refractivity contribution in [2.45, 2.75) is 19.3 Å². The lowest BCUT2D eigenvalue weighted by atomic mass is 10.2. The molecule has 106 valence electrons. The first-order chi connectivity index (χ1) is 10.3. The Morgan fingerprint density at radius 1 is 1.14 bits per heavy atom. The molecule has 0 atom stereocenters. The Balaban J connectivity index is 1.53. The van der Waals surface area contributed by atoms with Crippen molar-refractivity contribution in [2.75, 3.05) is 16.8 Å². The van der Waals surface area contributed by atoms with E-state index in [1.165, 1.54) is 11.3 Å². The Morgan fingerprint density at radius 2 is 2.00 bits per heavy atom. The Labute approximate surface area is 123 Å². The predicted octanol–water partition coefficient (Wildman–Crippen LogP) is 2.52. The van der Waals surface area contributed by atoms with Crippen LogP contribution in [0.15, 0.2) is 36.4 Å². The number of carbonyl (C=O) groups is 1. The van der Waals surface area contributed by atoms with Gasteiger partial charge in [-0.2, -0.15) is 0 Å². The molecule has 5 nitrogen and oxygen atoms in total. The molecule has 1 amide bonds. The number of anilines is 3. The molecule has 1 aliphatic heterocycles. The summed E-state index contributed by atoms with van der Waals surface area (Å²) in [5, 5.41) is 11.2. The van der Waals surface area contributed by atoms with Gasteiger partial charge in [0.15, 0.2) is 11.6 Å². The quantitative estimate of drug-likeness (QED) is 0.938. The van der Waals surface area contributed by atoms with Crippen molar-refractivity contribution in [3.8, 4) is 0 Å². The van der Waals surface area contributed by atoms with Gasteiger partial charge < -0.3 is 10.2 Å². The van der Waals surface area contributed by atoms with Gasteiger partial charge in [0, 0.05) is 18.2 Å². The van der Waals surface area contributed by atoms with Crippen LogP contribution in [0.1, 0.15) is 18.4 Å². The number of hydrogen-bond acceptors (Lipinski definition) is 4. The Hall–Kier alpha value is -2.43.